The molecule has 150 valence electrons. The molecule has 0 atom stereocenters. The number of aromatic nitrogens is 1. The average molecular weight is 415 g/mol. The molecule has 2 aromatic heterocycles. The number of halogens is 1. The third-order valence-electron chi connectivity index (χ3n) is 4.68. The Kier molecular flexibility index (Phi) is 5.67. The van der Waals surface area contributed by atoms with Crippen LogP contribution in [-0.4, -0.2) is 30.1 Å². The van der Waals surface area contributed by atoms with Crippen LogP contribution in [0.4, 0.5) is 5.69 Å². The summed E-state index contributed by atoms with van der Waals surface area (Å²) in [5.74, 6) is 0.434. The first-order valence-electron chi connectivity index (χ1n) is 9.33. The molecule has 0 bridgehead atoms. The van der Waals surface area contributed by atoms with Gasteiger partial charge in [0.2, 0.25) is 0 Å². The summed E-state index contributed by atoms with van der Waals surface area (Å²) in [6, 6.07) is 8.71. The molecule has 29 heavy (non-hydrogen) atoms. The summed E-state index contributed by atoms with van der Waals surface area (Å²) in [6.45, 7) is -0.742. The average Bonchev–Trinajstić information content (AvgIpc) is 3.10. The van der Waals surface area contributed by atoms with E-state index in [1.54, 1.807) is 18.2 Å². The van der Waals surface area contributed by atoms with E-state index in [0.29, 0.717) is 11.4 Å². The number of fused-ring (bicyclic) bond motifs is 3. The van der Waals surface area contributed by atoms with Crippen LogP contribution in [0.2, 0.25) is 5.15 Å². The van der Waals surface area contributed by atoms with E-state index in [9.17, 15) is 9.59 Å². The van der Waals surface area contributed by atoms with Crippen molar-refractivity contribution in [3.63, 3.8) is 0 Å². The molecule has 0 spiro atoms. The molecule has 1 aromatic carbocycles. The van der Waals surface area contributed by atoms with Crippen molar-refractivity contribution >= 4 is 40.1 Å². The molecule has 0 saturated carbocycles. The van der Waals surface area contributed by atoms with E-state index in [2.05, 4.69) is 10.3 Å². The van der Waals surface area contributed by atoms with Crippen LogP contribution in [0.5, 0.6) is 5.75 Å². The maximum Gasteiger partial charge on any atom is 0.344 e. The number of carbonyl (C=O) groups excluding carboxylic acids is 2. The second-order valence-electron chi connectivity index (χ2n) is 6.71. The van der Waals surface area contributed by atoms with E-state index in [0.717, 1.165) is 42.4 Å². The highest BCUT2D eigenvalue weighted by molar-refractivity contribution is 6.32. The van der Waals surface area contributed by atoms with Gasteiger partial charge in [-0.25, -0.2) is 9.78 Å². The first-order chi connectivity index (χ1) is 14.1. The van der Waals surface area contributed by atoms with Crippen molar-refractivity contribution < 1.29 is 23.5 Å². The highest BCUT2D eigenvalue weighted by atomic mass is 35.5. The van der Waals surface area contributed by atoms with Gasteiger partial charge in [0, 0.05) is 23.6 Å². The molecule has 0 fully saturated rings. The second kappa shape index (κ2) is 8.53. The van der Waals surface area contributed by atoms with E-state index >= 15 is 0 Å². The van der Waals surface area contributed by atoms with Gasteiger partial charge in [0.1, 0.15) is 17.1 Å². The molecule has 1 aliphatic rings. The zero-order valence-corrected chi connectivity index (χ0v) is 16.3. The molecule has 0 radical (unpaired) electrons. The Bertz CT molecular complexity index is 1060. The maximum absolute atomic E-state index is 11.9. The minimum absolute atomic E-state index is 0.160. The van der Waals surface area contributed by atoms with Crippen molar-refractivity contribution in [3.05, 3.63) is 53.0 Å². The predicted octanol–water partition coefficient (Wildman–Crippen LogP) is 3.92. The van der Waals surface area contributed by atoms with Gasteiger partial charge < -0.3 is 19.2 Å². The highest BCUT2D eigenvalue weighted by Crippen LogP contribution is 2.33. The van der Waals surface area contributed by atoms with Crippen LogP contribution in [-0.2, 0) is 27.2 Å². The number of rotatable bonds is 6. The third kappa shape index (κ3) is 4.51. The molecule has 1 aliphatic carbocycles. The van der Waals surface area contributed by atoms with Crippen LogP contribution >= 0.6 is 11.6 Å². The molecule has 8 heteroatoms. The van der Waals surface area contributed by atoms with Crippen molar-refractivity contribution in [2.45, 2.75) is 25.7 Å². The number of furan rings is 1. The Balaban J connectivity index is 1.29. The van der Waals surface area contributed by atoms with Gasteiger partial charge in [0.25, 0.3) is 5.91 Å². The van der Waals surface area contributed by atoms with Crippen LogP contribution in [0.15, 0.2) is 40.9 Å². The maximum atomic E-state index is 11.9. The molecule has 0 saturated heterocycles. The summed E-state index contributed by atoms with van der Waals surface area (Å²) in [5.41, 5.74) is 2.41. The lowest BCUT2D eigenvalue weighted by Crippen LogP contribution is -2.23. The fourth-order valence-electron chi connectivity index (χ4n) is 3.33. The summed E-state index contributed by atoms with van der Waals surface area (Å²) in [6.07, 6.45) is 5.74. The van der Waals surface area contributed by atoms with Crippen LogP contribution in [0.1, 0.15) is 24.2 Å². The number of esters is 1. The third-order valence-corrected chi connectivity index (χ3v) is 4.98. The molecule has 2 heterocycles. The number of nitrogens with zero attached hydrogens (tertiary/aromatic N) is 1. The zero-order chi connectivity index (χ0) is 20.2. The first kappa shape index (κ1) is 19.3. The predicted molar refractivity (Wildman–Crippen MR) is 107 cm³/mol. The molecule has 1 amide bonds. The normalized spacial score (nSPS) is 13.0. The van der Waals surface area contributed by atoms with Crippen LogP contribution in [0.25, 0.3) is 11.0 Å². The lowest BCUT2D eigenvalue weighted by atomic mass is 9.96. The van der Waals surface area contributed by atoms with Gasteiger partial charge in [-0.2, -0.15) is 0 Å². The standard InChI is InChI=1S/C21H19ClN2O5/c22-21-16(5-3-9-23-21)24-19(25)11-28-20(26)12-27-13-7-8-18-15(10-13)14-4-1-2-6-17(14)29-18/h3,5,7-10H,1-2,4,6,11-12H2,(H,24,25). The Labute approximate surface area is 172 Å². The second-order valence-corrected chi connectivity index (χ2v) is 7.07. The number of aryl methyl sites for hydroxylation is 2. The topological polar surface area (TPSA) is 90.7 Å². The molecule has 4 rings (SSSR count). The monoisotopic (exact) mass is 414 g/mol. The molecule has 1 N–H and O–H groups in total. The lowest BCUT2D eigenvalue weighted by molar-refractivity contribution is -0.149. The van der Waals surface area contributed by atoms with E-state index in [4.69, 9.17) is 25.5 Å². The smallest absolute Gasteiger partial charge is 0.344 e. The summed E-state index contributed by atoms with van der Waals surface area (Å²) in [5, 5.41) is 3.71. The Morgan fingerprint density at radius 2 is 2.03 bits per heavy atom. The van der Waals surface area contributed by atoms with Gasteiger partial charge >= 0.3 is 5.97 Å². The number of amides is 1. The minimum Gasteiger partial charge on any atom is -0.482 e. The van der Waals surface area contributed by atoms with E-state index in [-0.39, 0.29) is 11.8 Å². The quantitative estimate of drug-likeness (QED) is 0.485. The first-order valence-corrected chi connectivity index (χ1v) is 9.71. The van der Waals surface area contributed by atoms with Gasteiger partial charge in [-0.1, -0.05) is 11.6 Å². The van der Waals surface area contributed by atoms with Gasteiger partial charge in [-0.15, -0.1) is 0 Å². The summed E-state index contributed by atoms with van der Waals surface area (Å²) in [4.78, 5) is 27.6. The van der Waals surface area contributed by atoms with E-state index in [1.807, 2.05) is 12.1 Å². The highest BCUT2D eigenvalue weighted by Gasteiger charge is 2.18. The Hall–Kier alpha value is -3.06. The van der Waals surface area contributed by atoms with Crippen molar-refractivity contribution in [1.82, 2.24) is 4.98 Å². The number of hydrogen-bond donors (Lipinski definition) is 1. The SMILES string of the molecule is O=C(COC(=O)COc1ccc2oc3c(c2c1)CCCC3)Nc1cccnc1Cl. The number of pyridine rings is 1. The van der Waals surface area contributed by atoms with Crippen LogP contribution < -0.4 is 10.1 Å². The van der Waals surface area contributed by atoms with Crippen molar-refractivity contribution in [3.8, 4) is 5.75 Å². The van der Waals surface area contributed by atoms with Gasteiger partial charge in [0.05, 0.1) is 5.69 Å². The molecular weight excluding hydrogens is 396 g/mol. The van der Waals surface area contributed by atoms with Crippen molar-refractivity contribution in [2.75, 3.05) is 18.5 Å². The number of ether oxygens (including phenoxy) is 2. The fraction of sp³-hybridized carbons (Fsp3) is 0.286. The molecular formula is C21H19ClN2O5. The van der Waals surface area contributed by atoms with Crippen LogP contribution in [0.3, 0.4) is 0 Å². The summed E-state index contributed by atoms with van der Waals surface area (Å²) in [7, 11) is 0. The minimum atomic E-state index is -0.647. The van der Waals surface area contributed by atoms with Gasteiger partial charge in [-0.3, -0.25) is 4.79 Å². The Morgan fingerprint density at radius 1 is 1.17 bits per heavy atom. The van der Waals surface area contributed by atoms with E-state index < -0.39 is 18.5 Å². The molecule has 0 aliphatic heterocycles. The number of hydrogen-bond acceptors (Lipinski definition) is 6. The number of anilines is 1. The lowest BCUT2D eigenvalue weighted by Gasteiger charge is -2.09. The summed E-state index contributed by atoms with van der Waals surface area (Å²) >= 11 is 5.87. The number of benzene rings is 1. The van der Waals surface area contributed by atoms with Crippen LogP contribution in [0, 0.1) is 0 Å². The Morgan fingerprint density at radius 3 is 2.90 bits per heavy atom. The number of nitrogens with one attached hydrogen (secondary N) is 1. The summed E-state index contributed by atoms with van der Waals surface area (Å²) < 4.78 is 16.4. The fourth-order valence-corrected chi connectivity index (χ4v) is 3.49. The van der Waals surface area contributed by atoms with E-state index in [1.165, 1.54) is 11.8 Å². The number of carbonyl (C=O) groups is 2. The van der Waals surface area contributed by atoms with Gasteiger partial charge in [0.15, 0.2) is 18.4 Å². The van der Waals surface area contributed by atoms with Crippen molar-refractivity contribution in [2.24, 2.45) is 0 Å². The van der Waals surface area contributed by atoms with Gasteiger partial charge in [-0.05, 0) is 49.6 Å². The molecule has 7 nitrogen and oxygen atoms in total. The zero-order valence-electron chi connectivity index (χ0n) is 15.6. The van der Waals surface area contributed by atoms with Crippen molar-refractivity contribution in [1.29, 1.82) is 0 Å². The molecule has 3 aromatic rings. The largest absolute Gasteiger partial charge is 0.482 e. The molecule has 0 unspecified atom stereocenters.